The summed E-state index contributed by atoms with van der Waals surface area (Å²) in [5.41, 5.74) is 6.07. The molecule has 8 heteroatoms. The Morgan fingerprint density at radius 3 is 2.52 bits per heavy atom. The highest BCUT2D eigenvalue weighted by atomic mass is 127. The molecule has 0 saturated carbocycles. The highest BCUT2D eigenvalue weighted by molar-refractivity contribution is 14.0. The standard InChI is InChI=1S/C23H32N6O.HI/c1-17-13-20(18(2)29(17)21-7-9-22(30-6)10-8-21)16-27(4)23(24-3)25-12-11-19-14-26-28(5)15-19;/h7-10,13-15H,11-12,16H2,1-6H3,(H,24,25);1H. The predicted octanol–water partition coefficient (Wildman–Crippen LogP) is 3.70. The number of halogens is 1. The Morgan fingerprint density at radius 2 is 1.94 bits per heavy atom. The van der Waals surface area contributed by atoms with Gasteiger partial charge in [0, 0.05) is 57.5 Å². The van der Waals surface area contributed by atoms with Gasteiger partial charge in [-0.15, -0.1) is 24.0 Å². The molecule has 0 fully saturated rings. The van der Waals surface area contributed by atoms with Crippen LogP contribution in [0.1, 0.15) is 22.5 Å². The van der Waals surface area contributed by atoms with Gasteiger partial charge in [0.05, 0.1) is 13.3 Å². The van der Waals surface area contributed by atoms with E-state index in [-0.39, 0.29) is 24.0 Å². The molecular formula is C23H33IN6O. The van der Waals surface area contributed by atoms with Gasteiger partial charge in [-0.1, -0.05) is 0 Å². The van der Waals surface area contributed by atoms with Crippen LogP contribution in [0.5, 0.6) is 5.75 Å². The van der Waals surface area contributed by atoms with Crippen molar-refractivity contribution in [1.29, 1.82) is 0 Å². The van der Waals surface area contributed by atoms with E-state index in [1.165, 1.54) is 22.5 Å². The molecule has 0 unspecified atom stereocenters. The van der Waals surface area contributed by atoms with Crippen LogP contribution < -0.4 is 10.1 Å². The normalized spacial score (nSPS) is 11.2. The smallest absolute Gasteiger partial charge is 0.193 e. The van der Waals surface area contributed by atoms with Crippen molar-refractivity contribution in [2.24, 2.45) is 12.0 Å². The molecule has 0 atom stereocenters. The van der Waals surface area contributed by atoms with E-state index in [0.717, 1.165) is 36.9 Å². The number of aromatic nitrogens is 3. The van der Waals surface area contributed by atoms with Crippen LogP contribution in [0.3, 0.4) is 0 Å². The fourth-order valence-electron chi connectivity index (χ4n) is 3.75. The van der Waals surface area contributed by atoms with Crippen molar-refractivity contribution in [1.82, 2.24) is 24.6 Å². The zero-order valence-corrected chi connectivity index (χ0v) is 21.5. The van der Waals surface area contributed by atoms with E-state index in [1.807, 2.05) is 43.3 Å². The molecule has 0 bridgehead atoms. The highest BCUT2D eigenvalue weighted by Crippen LogP contribution is 2.23. The summed E-state index contributed by atoms with van der Waals surface area (Å²) in [5, 5.41) is 7.67. The molecule has 1 aromatic carbocycles. The maximum absolute atomic E-state index is 5.28. The van der Waals surface area contributed by atoms with Gasteiger partial charge in [-0.2, -0.15) is 5.10 Å². The van der Waals surface area contributed by atoms with Gasteiger partial charge in [0.1, 0.15) is 5.75 Å². The number of rotatable bonds is 7. The number of hydrogen-bond acceptors (Lipinski definition) is 3. The minimum atomic E-state index is 0. The van der Waals surface area contributed by atoms with Gasteiger partial charge in [0.25, 0.3) is 0 Å². The third-order valence-electron chi connectivity index (χ3n) is 5.30. The van der Waals surface area contributed by atoms with Crippen LogP contribution in [-0.2, 0) is 20.0 Å². The summed E-state index contributed by atoms with van der Waals surface area (Å²) < 4.78 is 9.39. The van der Waals surface area contributed by atoms with Crippen molar-refractivity contribution in [3.63, 3.8) is 0 Å². The minimum Gasteiger partial charge on any atom is -0.497 e. The maximum atomic E-state index is 5.28. The molecule has 7 nitrogen and oxygen atoms in total. The van der Waals surface area contributed by atoms with Crippen LogP contribution in [0.2, 0.25) is 0 Å². The third kappa shape index (κ3) is 6.03. The van der Waals surface area contributed by atoms with Gasteiger partial charge in [-0.3, -0.25) is 9.67 Å². The number of ether oxygens (including phenoxy) is 1. The van der Waals surface area contributed by atoms with Gasteiger partial charge in [0.2, 0.25) is 0 Å². The predicted molar refractivity (Wildman–Crippen MR) is 137 cm³/mol. The molecule has 0 aliphatic carbocycles. The van der Waals surface area contributed by atoms with Crippen LogP contribution in [0.25, 0.3) is 5.69 Å². The molecule has 31 heavy (non-hydrogen) atoms. The second-order valence-corrected chi connectivity index (χ2v) is 7.53. The van der Waals surface area contributed by atoms with E-state index in [1.54, 1.807) is 7.11 Å². The van der Waals surface area contributed by atoms with Gasteiger partial charge in [-0.25, -0.2) is 0 Å². The average Bonchev–Trinajstić information content (AvgIpc) is 3.27. The van der Waals surface area contributed by atoms with Crippen LogP contribution in [0.15, 0.2) is 47.7 Å². The van der Waals surface area contributed by atoms with Crippen molar-refractivity contribution < 1.29 is 4.74 Å². The first-order chi connectivity index (χ1) is 14.4. The van der Waals surface area contributed by atoms with Gasteiger partial charge in [0.15, 0.2) is 5.96 Å². The molecule has 2 heterocycles. The molecule has 0 spiro atoms. The number of benzene rings is 1. The van der Waals surface area contributed by atoms with Crippen LogP contribution in [0.4, 0.5) is 0 Å². The molecular weight excluding hydrogens is 503 g/mol. The molecule has 1 N–H and O–H groups in total. The Kier molecular flexibility index (Phi) is 8.97. The van der Waals surface area contributed by atoms with Crippen molar-refractivity contribution in [2.75, 3.05) is 27.7 Å². The summed E-state index contributed by atoms with van der Waals surface area (Å²) in [7, 11) is 7.52. The summed E-state index contributed by atoms with van der Waals surface area (Å²) in [6.07, 6.45) is 4.86. The molecule has 0 aliphatic rings. The van der Waals surface area contributed by atoms with E-state index in [2.05, 4.69) is 64.0 Å². The Bertz CT molecular complexity index is 1010. The second-order valence-electron chi connectivity index (χ2n) is 7.53. The van der Waals surface area contributed by atoms with E-state index in [4.69, 9.17) is 4.74 Å². The monoisotopic (exact) mass is 536 g/mol. The molecule has 0 saturated heterocycles. The quantitative estimate of drug-likeness (QED) is 0.284. The first-order valence-corrected chi connectivity index (χ1v) is 10.1. The number of guanidine groups is 1. The van der Waals surface area contributed by atoms with E-state index in [9.17, 15) is 0 Å². The maximum Gasteiger partial charge on any atom is 0.193 e. The van der Waals surface area contributed by atoms with E-state index < -0.39 is 0 Å². The lowest BCUT2D eigenvalue weighted by Gasteiger charge is -2.22. The van der Waals surface area contributed by atoms with Crippen LogP contribution in [0, 0.1) is 13.8 Å². The number of nitrogens with one attached hydrogen (secondary N) is 1. The van der Waals surface area contributed by atoms with Gasteiger partial charge < -0.3 is 19.5 Å². The largest absolute Gasteiger partial charge is 0.497 e. The van der Waals surface area contributed by atoms with Gasteiger partial charge in [-0.05, 0) is 61.7 Å². The Labute approximate surface area is 202 Å². The fraction of sp³-hybridized carbons (Fsp3) is 0.391. The number of nitrogens with zero attached hydrogens (tertiary/aromatic N) is 5. The van der Waals surface area contributed by atoms with Crippen molar-refractivity contribution >= 4 is 29.9 Å². The van der Waals surface area contributed by atoms with Crippen LogP contribution in [-0.4, -0.2) is 53.0 Å². The summed E-state index contributed by atoms with van der Waals surface area (Å²) in [6.45, 7) is 5.90. The molecule has 0 aliphatic heterocycles. The lowest BCUT2D eigenvalue weighted by Crippen LogP contribution is -2.39. The van der Waals surface area contributed by atoms with Crippen molar-refractivity contribution in [3.8, 4) is 11.4 Å². The van der Waals surface area contributed by atoms with Gasteiger partial charge >= 0.3 is 0 Å². The summed E-state index contributed by atoms with van der Waals surface area (Å²) in [5.74, 6) is 1.75. The van der Waals surface area contributed by atoms with E-state index >= 15 is 0 Å². The Hall–Kier alpha value is -2.49. The minimum absolute atomic E-state index is 0. The number of aryl methyl sites for hydroxylation is 2. The molecule has 3 aromatic rings. The second kappa shape index (κ2) is 11.2. The van der Waals surface area contributed by atoms with Crippen molar-refractivity contribution in [3.05, 3.63) is 65.2 Å². The fourth-order valence-corrected chi connectivity index (χ4v) is 3.75. The topological polar surface area (TPSA) is 59.6 Å². The average molecular weight is 536 g/mol. The zero-order valence-electron chi connectivity index (χ0n) is 19.2. The highest BCUT2D eigenvalue weighted by Gasteiger charge is 2.14. The molecule has 3 rings (SSSR count). The summed E-state index contributed by atoms with van der Waals surface area (Å²) >= 11 is 0. The third-order valence-corrected chi connectivity index (χ3v) is 5.30. The summed E-state index contributed by atoms with van der Waals surface area (Å²) in [4.78, 5) is 6.60. The lowest BCUT2D eigenvalue weighted by atomic mass is 10.2. The van der Waals surface area contributed by atoms with E-state index in [0.29, 0.717) is 0 Å². The number of hydrogen-bond donors (Lipinski definition) is 1. The molecule has 0 amide bonds. The van der Waals surface area contributed by atoms with Crippen LogP contribution >= 0.6 is 24.0 Å². The Balaban J connectivity index is 0.00000341. The molecule has 0 radical (unpaired) electrons. The lowest BCUT2D eigenvalue weighted by molar-refractivity contribution is 0.414. The molecule has 168 valence electrons. The number of methoxy groups -OCH3 is 1. The summed E-state index contributed by atoms with van der Waals surface area (Å²) in [6, 6.07) is 10.4. The molecule has 2 aromatic heterocycles. The first kappa shape index (κ1) is 24.8. The van der Waals surface area contributed by atoms with Crippen molar-refractivity contribution in [2.45, 2.75) is 26.8 Å². The zero-order chi connectivity index (χ0) is 21.7. The SMILES string of the molecule is CN=C(NCCc1cnn(C)c1)N(C)Cc1cc(C)n(-c2ccc(OC)cc2)c1C.I. The first-order valence-electron chi connectivity index (χ1n) is 10.1. The number of aliphatic imine (C=N–C) groups is 1. The Morgan fingerprint density at radius 1 is 1.23 bits per heavy atom.